The van der Waals surface area contributed by atoms with Gasteiger partial charge in [0.05, 0.1) is 0 Å². The Hall–Kier alpha value is -1.96. The van der Waals surface area contributed by atoms with E-state index in [0.29, 0.717) is 13.0 Å². The van der Waals surface area contributed by atoms with Crippen LogP contribution in [0.3, 0.4) is 0 Å². The van der Waals surface area contributed by atoms with Crippen LogP contribution < -0.4 is 5.32 Å². The number of hydrogen-bond acceptors (Lipinski definition) is 4. The molecule has 4 nitrogen and oxygen atoms in total. The van der Waals surface area contributed by atoms with Crippen LogP contribution in [0, 0.1) is 18.7 Å². The lowest BCUT2D eigenvalue weighted by Gasteiger charge is -2.12. The third-order valence-electron chi connectivity index (χ3n) is 3.74. The Bertz CT molecular complexity index is 615. The van der Waals surface area contributed by atoms with Crippen molar-refractivity contribution >= 4 is 11.9 Å². The van der Waals surface area contributed by atoms with Crippen molar-refractivity contribution in [3.8, 4) is 0 Å². The molecule has 0 bridgehead atoms. The summed E-state index contributed by atoms with van der Waals surface area (Å²) in [5.74, 6) is -4.10. The smallest absolute Gasteiger partial charge is 0.385 e. The molecular formula is C15H15F4NO3. The average molecular weight is 333 g/mol. The lowest BCUT2D eigenvalue weighted by atomic mass is 9.94. The summed E-state index contributed by atoms with van der Waals surface area (Å²) >= 11 is 0. The second-order valence-corrected chi connectivity index (χ2v) is 5.54. The Kier molecular flexibility index (Phi) is 5.03. The van der Waals surface area contributed by atoms with Crippen molar-refractivity contribution in [1.29, 1.82) is 0 Å². The zero-order valence-electron chi connectivity index (χ0n) is 12.2. The molecule has 0 radical (unpaired) electrons. The van der Waals surface area contributed by atoms with Gasteiger partial charge < -0.3 is 10.1 Å². The molecule has 1 saturated heterocycles. The maximum atomic E-state index is 13.0. The van der Waals surface area contributed by atoms with E-state index in [1.807, 2.05) is 0 Å². The largest absolute Gasteiger partial charge is 0.491 e. The molecule has 23 heavy (non-hydrogen) atoms. The molecule has 1 aromatic rings. The van der Waals surface area contributed by atoms with Crippen molar-refractivity contribution in [2.45, 2.75) is 32.0 Å². The summed E-state index contributed by atoms with van der Waals surface area (Å²) in [6.45, 7) is 2.16. The maximum absolute atomic E-state index is 13.0. The van der Waals surface area contributed by atoms with Crippen molar-refractivity contribution < 1.29 is 31.9 Å². The first-order chi connectivity index (χ1) is 10.7. The van der Waals surface area contributed by atoms with Crippen LogP contribution in [0.5, 0.6) is 0 Å². The summed E-state index contributed by atoms with van der Waals surface area (Å²) in [5, 5.41) is 2.75. The molecule has 0 saturated carbocycles. The second kappa shape index (κ2) is 6.66. The van der Waals surface area contributed by atoms with E-state index >= 15 is 0 Å². The van der Waals surface area contributed by atoms with Crippen LogP contribution in [0.1, 0.15) is 17.5 Å². The summed E-state index contributed by atoms with van der Waals surface area (Å²) in [6, 6.07) is 3.42. The molecule has 0 amide bonds. The van der Waals surface area contributed by atoms with Crippen molar-refractivity contribution in [2.24, 2.45) is 5.92 Å². The van der Waals surface area contributed by atoms with E-state index in [4.69, 9.17) is 0 Å². The van der Waals surface area contributed by atoms with Gasteiger partial charge in [-0.15, -0.1) is 0 Å². The number of hydrogen-bond donors (Lipinski definition) is 1. The van der Waals surface area contributed by atoms with Crippen molar-refractivity contribution in [3.05, 3.63) is 35.1 Å². The van der Waals surface area contributed by atoms with Gasteiger partial charge in [-0.2, -0.15) is 13.2 Å². The predicted octanol–water partition coefficient (Wildman–Crippen LogP) is 2.29. The molecule has 8 heteroatoms. The fourth-order valence-corrected chi connectivity index (χ4v) is 2.56. The van der Waals surface area contributed by atoms with Crippen molar-refractivity contribution in [1.82, 2.24) is 5.32 Å². The van der Waals surface area contributed by atoms with Gasteiger partial charge in [0.2, 0.25) is 0 Å². The standard InChI is InChI=1S/C15H15F4NO3/c1-8-4-11(16)3-2-10(8)5-9-6-12(20-7-9)13(21)23-14(22)15(17,18)19/h2-4,9,12,20H,5-7H2,1H3. The normalized spacial score (nSPS) is 21.3. The van der Waals surface area contributed by atoms with E-state index in [0.717, 1.165) is 11.1 Å². The van der Waals surface area contributed by atoms with Gasteiger partial charge in [-0.1, -0.05) is 6.07 Å². The molecule has 0 aromatic heterocycles. The number of esters is 2. The topological polar surface area (TPSA) is 55.4 Å². The molecule has 1 heterocycles. The van der Waals surface area contributed by atoms with Gasteiger partial charge in [0, 0.05) is 0 Å². The van der Waals surface area contributed by atoms with Crippen LogP contribution in [0.4, 0.5) is 17.6 Å². The number of nitrogens with one attached hydrogen (secondary N) is 1. The predicted molar refractivity (Wildman–Crippen MR) is 71.9 cm³/mol. The zero-order chi connectivity index (χ0) is 17.2. The Morgan fingerprint density at radius 3 is 2.65 bits per heavy atom. The third-order valence-corrected chi connectivity index (χ3v) is 3.74. The Morgan fingerprint density at radius 1 is 1.35 bits per heavy atom. The van der Waals surface area contributed by atoms with Gasteiger partial charge in [-0.3, -0.25) is 0 Å². The first-order valence-electron chi connectivity index (χ1n) is 6.98. The minimum Gasteiger partial charge on any atom is -0.385 e. The summed E-state index contributed by atoms with van der Waals surface area (Å²) in [7, 11) is 0. The van der Waals surface area contributed by atoms with Crippen LogP contribution in [0.25, 0.3) is 0 Å². The second-order valence-electron chi connectivity index (χ2n) is 5.54. The van der Waals surface area contributed by atoms with E-state index in [1.54, 1.807) is 13.0 Å². The molecule has 0 spiro atoms. The number of aryl methyl sites for hydroxylation is 1. The summed E-state index contributed by atoms with van der Waals surface area (Å²) < 4.78 is 53.1. The van der Waals surface area contributed by atoms with Crippen LogP contribution in [0.15, 0.2) is 18.2 Å². The molecule has 0 aliphatic carbocycles. The van der Waals surface area contributed by atoms with Gasteiger partial charge in [-0.25, -0.2) is 14.0 Å². The molecule has 2 rings (SSSR count). The van der Waals surface area contributed by atoms with Crippen LogP contribution in [-0.4, -0.2) is 30.7 Å². The highest BCUT2D eigenvalue weighted by Crippen LogP contribution is 2.23. The summed E-state index contributed by atoms with van der Waals surface area (Å²) in [6.07, 6.45) is -4.39. The highest BCUT2D eigenvalue weighted by molar-refractivity contribution is 5.91. The molecule has 1 aliphatic rings. The van der Waals surface area contributed by atoms with Gasteiger partial charge >= 0.3 is 18.1 Å². The van der Waals surface area contributed by atoms with Gasteiger partial charge in [0.1, 0.15) is 11.9 Å². The maximum Gasteiger partial charge on any atom is 0.491 e. The van der Waals surface area contributed by atoms with Crippen LogP contribution in [-0.2, 0) is 20.7 Å². The monoisotopic (exact) mass is 333 g/mol. The number of rotatable bonds is 3. The third kappa shape index (κ3) is 4.51. The fraction of sp³-hybridized carbons (Fsp3) is 0.467. The molecule has 126 valence electrons. The van der Waals surface area contributed by atoms with E-state index in [-0.39, 0.29) is 18.2 Å². The molecule has 2 unspecified atom stereocenters. The number of alkyl halides is 3. The van der Waals surface area contributed by atoms with Gasteiger partial charge in [-0.05, 0) is 55.5 Å². The first kappa shape index (κ1) is 17.4. The molecule has 1 aromatic carbocycles. The quantitative estimate of drug-likeness (QED) is 0.524. The summed E-state index contributed by atoms with van der Waals surface area (Å²) in [5.41, 5.74) is 1.67. The molecular weight excluding hydrogens is 318 g/mol. The molecule has 1 aliphatic heterocycles. The van der Waals surface area contributed by atoms with Crippen LogP contribution >= 0.6 is 0 Å². The zero-order valence-corrected chi connectivity index (χ0v) is 12.2. The fourth-order valence-electron chi connectivity index (χ4n) is 2.56. The summed E-state index contributed by atoms with van der Waals surface area (Å²) in [4.78, 5) is 22.2. The SMILES string of the molecule is Cc1cc(F)ccc1CC1CNC(C(=O)OC(=O)C(F)(F)F)C1. The Balaban J connectivity index is 1.91. The van der Waals surface area contributed by atoms with E-state index < -0.39 is 24.2 Å². The van der Waals surface area contributed by atoms with Gasteiger partial charge in [0.25, 0.3) is 0 Å². The number of carbonyl (C=O) groups is 2. The van der Waals surface area contributed by atoms with Gasteiger partial charge in [0.15, 0.2) is 0 Å². The van der Waals surface area contributed by atoms with Crippen molar-refractivity contribution in [3.63, 3.8) is 0 Å². The molecule has 1 N–H and O–H groups in total. The highest BCUT2D eigenvalue weighted by atomic mass is 19.4. The van der Waals surface area contributed by atoms with Crippen molar-refractivity contribution in [2.75, 3.05) is 6.54 Å². The first-order valence-corrected chi connectivity index (χ1v) is 6.98. The Labute approximate surface area is 129 Å². The lowest BCUT2D eigenvalue weighted by molar-refractivity contribution is -0.202. The van der Waals surface area contributed by atoms with E-state index in [9.17, 15) is 27.2 Å². The number of halogens is 4. The molecule has 2 atom stereocenters. The number of carbonyl (C=O) groups excluding carboxylic acids is 2. The minimum absolute atomic E-state index is 0.0160. The lowest BCUT2D eigenvalue weighted by Crippen LogP contribution is -2.37. The van der Waals surface area contributed by atoms with E-state index in [1.165, 1.54) is 12.1 Å². The number of ether oxygens (including phenoxy) is 1. The minimum atomic E-state index is -5.20. The van der Waals surface area contributed by atoms with E-state index in [2.05, 4.69) is 10.1 Å². The average Bonchev–Trinajstić information content (AvgIpc) is 2.89. The number of benzene rings is 1. The highest BCUT2D eigenvalue weighted by Gasteiger charge is 2.44. The van der Waals surface area contributed by atoms with Crippen LogP contribution in [0.2, 0.25) is 0 Å². The Morgan fingerprint density at radius 2 is 2.04 bits per heavy atom. The molecule has 1 fully saturated rings.